The van der Waals surface area contributed by atoms with Crippen LogP contribution >= 0.6 is 23.2 Å². The van der Waals surface area contributed by atoms with E-state index in [1.54, 1.807) is 6.07 Å². The number of halogens is 3. The minimum Gasteiger partial charge on any atom is -0.504 e. The van der Waals surface area contributed by atoms with E-state index in [9.17, 15) is 14.3 Å². The number of carbonyl (C=O) groups is 1. The van der Waals surface area contributed by atoms with Gasteiger partial charge >= 0.3 is 0 Å². The lowest BCUT2D eigenvalue weighted by Gasteiger charge is -2.20. The van der Waals surface area contributed by atoms with E-state index >= 15 is 0 Å². The largest absolute Gasteiger partial charge is 0.504 e. The van der Waals surface area contributed by atoms with E-state index in [4.69, 9.17) is 27.9 Å². The van der Waals surface area contributed by atoms with Crippen LogP contribution < -0.4 is 15.4 Å². The van der Waals surface area contributed by atoms with Crippen LogP contribution in [0.1, 0.15) is 33.6 Å². The van der Waals surface area contributed by atoms with Gasteiger partial charge in [0.2, 0.25) is 5.91 Å². The molecule has 0 aliphatic carbocycles. The molecule has 3 rings (SSSR count). The van der Waals surface area contributed by atoms with Crippen molar-refractivity contribution < 1.29 is 19.0 Å². The lowest BCUT2D eigenvalue weighted by molar-refractivity contribution is -0.124. The summed E-state index contributed by atoms with van der Waals surface area (Å²) in [4.78, 5) is 20.1. The molecule has 2 aromatic carbocycles. The predicted octanol–water partition coefficient (Wildman–Crippen LogP) is 5.84. The van der Waals surface area contributed by atoms with Gasteiger partial charge < -0.3 is 20.5 Å². The van der Waals surface area contributed by atoms with Crippen LogP contribution in [-0.2, 0) is 4.79 Å². The van der Waals surface area contributed by atoms with E-state index in [2.05, 4.69) is 20.6 Å². The Labute approximate surface area is 201 Å². The van der Waals surface area contributed by atoms with Crippen LogP contribution in [0.5, 0.6) is 11.5 Å². The quantitative estimate of drug-likeness (QED) is 0.323. The number of nitrogens with zero attached hydrogens (tertiary/aromatic N) is 2. The molecule has 7 nitrogen and oxygen atoms in total. The van der Waals surface area contributed by atoms with Gasteiger partial charge in [0, 0.05) is 30.3 Å². The second-order valence-electron chi connectivity index (χ2n) is 7.79. The monoisotopic (exact) mass is 494 g/mol. The topological polar surface area (TPSA) is 96.4 Å². The summed E-state index contributed by atoms with van der Waals surface area (Å²) in [5.74, 6) is -0.378. The lowest BCUT2D eigenvalue weighted by atomic mass is 10.1. The van der Waals surface area contributed by atoms with Crippen molar-refractivity contribution in [3.63, 3.8) is 0 Å². The molecule has 0 radical (unpaired) electrons. The molecule has 1 amide bonds. The SMILES string of the molecule is CCC(CCNC(=O)C(C)C)Oc1cc2c(Nc3ccc(Cl)c(Cl)c3F)ncnc2cc1O. The number of benzene rings is 2. The average molecular weight is 495 g/mol. The van der Waals surface area contributed by atoms with Crippen LogP contribution in [0.3, 0.4) is 0 Å². The van der Waals surface area contributed by atoms with Gasteiger partial charge in [-0.1, -0.05) is 44.0 Å². The molecular weight excluding hydrogens is 470 g/mol. The molecule has 0 aliphatic rings. The highest BCUT2D eigenvalue weighted by atomic mass is 35.5. The molecule has 0 bridgehead atoms. The first-order chi connectivity index (χ1) is 15.7. The van der Waals surface area contributed by atoms with Gasteiger partial charge in [0.25, 0.3) is 0 Å². The molecule has 0 aliphatic heterocycles. The van der Waals surface area contributed by atoms with Crippen LogP contribution in [0.4, 0.5) is 15.9 Å². The number of rotatable bonds is 9. The molecular formula is C23H25Cl2FN4O3. The maximum Gasteiger partial charge on any atom is 0.222 e. The van der Waals surface area contributed by atoms with Crippen molar-refractivity contribution >= 4 is 51.5 Å². The van der Waals surface area contributed by atoms with Crippen molar-refractivity contribution in [2.24, 2.45) is 5.92 Å². The first kappa shape index (κ1) is 24.8. The molecule has 0 spiro atoms. The number of phenolic OH excluding ortho intramolecular Hbond substituents is 1. The summed E-state index contributed by atoms with van der Waals surface area (Å²) in [5.41, 5.74) is 0.530. The van der Waals surface area contributed by atoms with Crippen molar-refractivity contribution in [2.75, 3.05) is 11.9 Å². The molecule has 33 heavy (non-hydrogen) atoms. The van der Waals surface area contributed by atoms with Crippen molar-refractivity contribution in [1.82, 2.24) is 15.3 Å². The fourth-order valence-electron chi connectivity index (χ4n) is 3.10. The minimum absolute atomic E-state index is 0.0270. The summed E-state index contributed by atoms with van der Waals surface area (Å²) in [7, 11) is 0. The van der Waals surface area contributed by atoms with Gasteiger partial charge in [-0.25, -0.2) is 14.4 Å². The number of nitrogens with one attached hydrogen (secondary N) is 2. The second kappa shape index (κ2) is 10.9. The van der Waals surface area contributed by atoms with Crippen molar-refractivity contribution in [3.8, 4) is 11.5 Å². The van der Waals surface area contributed by atoms with Gasteiger partial charge in [0.05, 0.1) is 21.2 Å². The van der Waals surface area contributed by atoms with Crippen LogP contribution in [0.25, 0.3) is 10.9 Å². The number of carbonyl (C=O) groups excluding carboxylic acids is 1. The van der Waals surface area contributed by atoms with Gasteiger partial charge in [-0.3, -0.25) is 4.79 Å². The van der Waals surface area contributed by atoms with Crippen LogP contribution in [0, 0.1) is 11.7 Å². The molecule has 1 aromatic heterocycles. The molecule has 0 saturated carbocycles. The third-order valence-corrected chi connectivity index (χ3v) is 5.82. The zero-order valence-corrected chi connectivity index (χ0v) is 20.0. The van der Waals surface area contributed by atoms with Crippen LogP contribution in [0.15, 0.2) is 30.6 Å². The Morgan fingerprint density at radius 3 is 2.70 bits per heavy atom. The summed E-state index contributed by atoms with van der Waals surface area (Å²) in [6.45, 7) is 6.06. The number of hydrogen-bond acceptors (Lipinski definition) is 6. The summed E-state index contributed by atoms with van der Waals surface area (Å²) >= 11 is 11.8. The Hall–Kier alpha value is -2.84. The van der Waals surface area contributed by atoms with E-state index < -0.39 is 5.82 Å². The third-order valence-electron chi connectivity index (χ3n) is 5.04. The Morgan fingerprint density at radius 1 is 1.24 bits per heavy atom. The zero-order chi connectivity index (χ0) is 24.1. The summed E-state index contributed by atoms with van der Waals surface area (Å²) in [6, 6.07) is 5.98. The van der Waals surface area contributed by atoms with E-state index in [1.165, 1.54) is 24.5 Å². The van der Waals surface area contributed by atoms with Crippen molar-refractivity contribution in [3.05, 3.63) is 46.5 Å². The number of phenols is 1. The molecule has 3 N–H and O–H groups in total. The maximum atomic E-state index is 14.5. The first-order valence-corrected chi connectivity index (χ1v) is 11.3. The highest BCUT2D eigenvalue weighted by Gasteiger charge is 2.17. The fourth-order valence-corrected chi connectivity index (χ4v) is 3.41. The number of anilines is 2. The zero-order valence-electron chi connectivity index (χ0n) is 18.5. The van der Waals surface area contributed by atoms with Crippen molar-refractivity contribution in [2.45, 2.75) is 39.7 Å². The highest BCUT2D eigenvalue weighted by Crippen LogP contribution is 2.36. The number of aromatic nitrogens is 2. The predicted molar refractivity (Wildman–Crippen MR) is 128 cm³/mol. The molecule has 3 aromatic rings. The van der Waals surface area contributed by atoms with Gasteiger partial charge in [0.15, 0.2) is 17.3 Å². The molecule has 1 heterocycles. The number of ether oxygens (including phenoxy) is 1. The first-order valence-electron chi connectivity index (χ1n) is 10.5. The number of hydrogen-bond donors (Lipinski definition) is 3. The Kier molecular flexibility index (Phi) is 8.15. The Bertz CT molecular complexity index is 1160. The van der Waals surface area contributed by atoms with E-state index in [1.807, 2.05) is 20.8 Å². The molecule has 176 valence electrons. The number of aromatic hydroxyl groups is 1. The molecule has 0 saturated heterocycles. The van der Waals surface area contributed by atoms with Gasteiger partial charge in [0.1, 0.15) is 18.2 Å². The molecule has 1 atom stereocenters. The van der Waals surface area contributed by atoms with Crippen LogP contribution in [-0.4, -0.2) is 33.6 Å². The van der Waals surface area contributed by atoms with Crippen LogP contribution in [0.2, 0.25) is 10.0 Å². The minimum atomic E-state index is -0.708. The standard InChI is InChI=1S/C23H25Cl2FN4O3/c1-4-13(7-8-27-23(32)12(2)3)33-19-9-14-17(10-18(19)31)28-11-29-22(14)30-16-6-5-15(24)20(25)21(16)26/h5-6,9-13,31H,4,7-8H2,1-3H3,(H,27,32)(H,28,29,30). The highest BCUT2D eigenvalue weighted by molar-refractivity contribution is 6.42. The van der Waals surface area contributed by atoms with E-state index in [-0.39, 0.29) is 45.2 Å². The molecule has 0 fully saturated rings. The summed E-state index contributed by atoms with van der Waals surface area (Å²) in [5, 5.41) is 16.6. The third kappa shape index (κ3) is 5.94. The maximum absolute atomic E-state index is 14.5. The van der Waals surface area contributed by atoms with Gasteiger partial charge in [-0.2, -0.15) is 0 Å². The van der Waals surface area contributed by atoms with E-state index in [0.29, 0.717) is 36.1 Å². The smallest absolute Gasteiger partial charge is 0.222 e. The number of fused-ring (bicyclic) bond motifs is 1. The fraction of sp³-hybridized carbons (Fsp3) is 0.348. The van der Waals surface area contributed by atoms with Crippen molar-refractivity contribution in [1.29, 1.82) is 0 Å². The van der Waals surface area contributed by atoms with E-state index in [0.717, 1.165) is 0 Å². The molecule has 10 heteroatoms. The van der Waals surface area contributed by atoms with Gasteiger partial charge in [-0.05, 0) is 24.6 Å². The summed E-state index contributed by atoms with van der Waals surface area (Å²) < 4.78 is 20.5. The Morgan fingerprint density at radius 2 is 2.00 bits per heavy atom. The normalized spacial score (nSPS) is 12.1. The average Bonchev–Trinajstić information content (AvgIpc) is 2.79. The second-order valence-corrected chi connectivity index (χ2v) is 8.57. The summed E-state index contributed by atoms with van der Waals surface area (Å²) in [6.07, 6.45) is 2.29. The van der Waals surface area contributed by atoms with Gasteiger partial charge in [-0.15, -0.1) is 0 Å². The lowest BCUT2D eigenvalue weighted by Crippen LogP contribution is -2.31. The number of amides is 1. The molecule has 1 unspecified atom stereocenters. The Balaban J connectivity index is 1.85.